The van der Waals surface area contributed by atoms with E-state index in [1.54, 1.807) is 0 Å². The molecule has 0 radical (unpaired) electrons. The van der Waals surface area contributed by atoms with Crippen LogP contribution in [0.1, 0.15) is 19.4 Å². The third-order valence-corrected chi connectivity index (χ3v) is 2.37. The van der Waals surface area contributed by atoms with Crippen LogP contribution in [0.15, 0.2) is 18.2 Å². The minimum Gasteiger partial charge on any atom is -0.426 e. The first-order valence-corrected chi connectivity index (χ1v) is 4.12. The standard InChI is InChI=1S/C9H12BNO/c1-9(2)7-4-3-6(11)5-8(7)10-12-9/h3-5,10H,11H2,1-2H3. The number of anilines is 1. The van der Waals surface area contributed by atoms with Crippen molar-refractivity contribution in [3.05, 3.63) is 23.8 Å². The van der Waals surface area contributed by atoms with Crippen LogP contribution < -0.4 is 11.2 Å². The van der Waals surface area contributed by atoms with Crippen molar-refractivity contribution in [3.8, 4) is 0 Å². The summed E-state index contributed by atoms with van der Waals surface area (Å²) < 4.78 is 5.61. The summed E-state index contributed by atoms with van der Waals surface area (Å²) in [6.07, 6.45) is 0. The summed E-state index contributed by atoms with van der Waals surface area (Å²) in [4.78, 5) is 0. The minimum absolute atomic E-state index is 0.136. The molecule has 1 aliphatic rings. The summed E-state index contributed by atoms with van der Waals surface area (Å²) in [5.74, 6) is 0. The predicted octanol–water partition coefficient (Wildman–Crippen LogP) is 0.511. The number of nitrogens with two attached hydrogens (primary N) is 1. The number of benzene rings is 1. The van der Waals surface area contributed by atoms with Gasteiger partial charge in [-0.1, -0.05) is 6.07 Å². The van der Waals surface area contributed by atoms with Crippen LogP contribution in [0, 0.1) is 0 Å². The molecule has 1 aromatic rings. The molecule has 0 unspecified atom stereocenters. The maximum atomic E-state index is 5.66. The number of hydrogen-bond donors (Lipinski definition) is 1. The lowest BCUT2D eigenvalue weighted by molar-refractivity contribution is 0.131. The maximum Gasteiger partial charge on any atom is 0.310 e. The second-order valence-electron chi connectivity index (χ2n) is 3.72. The number of hydrogen-bond acceptors (Lipinski definition) is 2. The highest BCUT2D eigenvalue weighted by Gasteiger charge is 2.30. The molecule has 0 spiro atoms. The highest BCUT2D eigenvalue weighted by molar-refractivity contribution is 6.49. The molecule has 0 bridgehead atoms. The molecule has 0 saturated heterocycles. The molecule has 12 heavy (non-hydrogen) atoms. The van der Waals surface area contributed by atoms with E-state index < -0.39 is 0 Å². The van der Waals surface area contributed by atoms with Gasteiger partial charge < -0.3 is 10.4 Å². The first-order chi connectivity index (χ1) is 5.59. The molecule has 1 aliphatic heterocycles. The molecule has 1 aromatic carbocycles. The Morgan fingerprint density at radius 2 is 2.17 bits per heavy atom. The van der Waals surface area contributed by atoms with Gasteiger partial charge in [-0.15, -0.1) is 0 Å². The van der Waals surface area contributed by atoms with Gasteiger partial charge in [-0.05, 0) is 37.0 Å². The largest absolute Gasteiger partial charge is 0.426 e. The molecular weight excluding hydrogens is 149 g/mol. The fourth-order valence-corrected chi connectivity index (χ4v) is 1.66. The van der Waals surface area contributed by atoms with Crippen molar-refractivity contribution in [2.45, 2.75) is 19.4 Å². The Morgan fingerprint density at radius 1 is 1.42 bits per heavy atom. The second kappa shape index (κ2) is 2.27. The van der Waals surface area contributed by atoms with Gasteiger partial charge in [0, 0.05) is 5.69 Å². The average Bonchev–Trinajstić information content (AvgIpc) is 2.27. The average molecular weight is 161 g/mol. The maximum absolute atomic E-state index is 5.66. The lowest BCUT2D eigenvalue weighted by Crippen LogP contribution is -2.16. The molecule has 2 N–H and O–H groups in total. The van der Waals surface area contributed by atoms with E-state index in [9.17, 15) is 0 Å². The van der Waals surface area contributed by atoms with Crippen molar-refractivity contribution in [1.29, 1.82) is 0 Å². The Kier molecular flexibility index (Phi) is 1.45. The summed E-state index contributed by atoms with van der Waals surface area (Å²) in [5.41, 5.74) is 8.83. The Labute approximate surface area is 73.0 Å². The number of nitrogen functional groups attached to an aromatic ring is 1. The Balaban J connectivity index is 2.55. The molecule has 0 atom stereocenters. The van der Waals surface area contributed by atoms with Gasteiger partial charge in [0.2, 0.25) is 0 Å². The molecular formula is C9H12BNO. The van der Waals surface area contributed by atoms with Gasteiger partial charge in [0.1, 0.15) is 0 Å². The molecule has 2 rings (SSSR count). The summed E-state index contributed by atoms with van der Waals surface area (Å²) in [5, 5.41) is 0. The van der Waals surface area contributed by atoms with Crippen molar-refractivity contribution in [2.24, 2.45) is 0 Å². The number of rotatable bonds is 0. The molecule has 0 aromatic heterocycles. The van der Waals surface area contributed by atoms with Crippen molar-refractivity contribution < 1.29 is 4.65 Å². The van der Waals surface area contributed by atoms with Crippen molar-refractivity contribution >= 4 is 18.6 Å². The van der Waals surface area contributed by atoms with Gasteiger partial charge in [-0.3, -0.25) is 0 Å². The van der Waals surface area contributed by atoms with E-state index in [1.807, 2.05) is 12.1 Å². The van der Waals surface area contributed by atoms with Crippen LogP contribution in [0.2, 0.25) is 0 Å². The Morgan fingerprint density at radius 3 is 2.92 bits per heavy atom. The highest BCUT2D eigenvalue weighted by Crippen LogP contribution is 2.27. The Hall–Kier alpha value is -0.955. The summed E-state index contributed by atoms with van der Waals surface area (Å²) >= 11 is 0. The van der Waals surface area contributed by atoms with Crippen LogP contribution in [0.4, 0.5) is 5.69 Å². The quantitative estimate of drug-likeness (QED) is 0.444. The van der Waals surface area contributed by atoms with Crippen LogP contribution in [0.5, 0.6) is 0 Å². The minimum atomic E-state index is -0.136. The van der Waals surface area contributed by atoms with Gasteiger partial charge in [-0.25, -0.2) is 0 Å². The van der Waals surface area contributed by atoms with E-state index in [-0.39, 0.29) is 5.60 Å². The van der Waals surface area contributed by atoms with Crippen molar-refractivity contribution in [3.63, 3.8) is 0 Å². The van der Waals surface area contributed by atoms with E-state index >= 15 is 0 Å². The summed E-state index contributed by atoms with van der Waals surface area (Å²) in [6.45, 7) is 4.16. The lowest BCUT2D eigenvalue weighted by Gasteiger charge is -2.19. The van der Waals surface area contributed by atoms with Gasteiger partial charge in [0.15, 0.2) is 0 Å². The first kappa shape index (κ1) is 7.68. The van der Waals surface area contributed by atoms with E-state index in [0.29, 0.717) is 7.48 Å². The topological polar surface area (TPSA) is 35.2 Å². The third-order valence-electron chi connectivity index (χ3n) is 2.37. The van der Waals surface area contributed by atoms with E-state index in [0.717, 1.165) is 5.69 Å². The van der Waals surface area contributed by atoms with Crippen LogP contribution in [-0.4, -0.2) is 7.48 Å². The predicted molar refractivity (Wildman–Crippen MR) is 51.7 cm³/mol. The van der Waals surface area contributed by atoms with Gasteiger partial charge in [-0.2, -0.15) is 0 Å². The van der Waals surface area contributed by atoms with E-state index in [4.69, 9.17) is 10.4 Å². The summed E-state index contributed by atoms with van der Waals surface area (Å²) in [7, 11) is 0.688. The smallest absolute Gasteiger partial charge is 0.310 e. The van der Waals surface area contributed by atoms with E-state index in [1.165, 1.54) is 11.0 Å². The second-order valence-corrected chi connectivity index (χ2v) is 3.72. The van der Waals surface area contributed by atoms with Crippen LogP contribution in [0.25, 0.3) is 0 Å². The zero-order chi connectivity index (χ0) is 8.77. The van der Waals surface area contributed by atoms with Crippen molar-refractivity contribution in [1.82, 2.24) is 0 Å². The van der Waals surface area contributed by atoms with Crippen LogP contribution in [-0.2, 0) is 10.3 Å². The van der Waals surface area contributed by atoms with E-state index in [2.05, 4.69) is 19.9 Å². The number of fused-ring (bicyclic) bond motifs is 1. The molecule has 0 amide bonds. The monoisotopic (exact) mass is 161 g/mol. The van der Waals surface area contributed by atoms with Gasteiger partial charge >= 0.3 is 7.48 Å². The zero-order valence-corrected chi connectivity index (χ0v) is 7.42. The van der Waals surface area contributed by atoms with Gasteiger partial charge in [0.25, 0.3) is 0 Å². The third kappa shape index (κ3) is 1.01. The molecule has 0 aliphatic carbocycles. The molecule has 1 heterocycles. The van der Waals surface area contributed by atoms with Gasteiger partial charge in [0.05, 0.1) is 5.60 Å². The van der Waals surface area contributed by atoms with Crippen LogP contribution in [0.3, 0.4) is 0 Å². The summed E-state index contributed by atoms with van der Waals surface area (Å²) in [6, 6.07) is 5.97. The fourth-order valence-electron chi connectivity index (χ4n) is 1.66. The molecule has 3 heteroatoms. The lowest BCUT2D eigenvalue weighted by atomic mass is 9.84. The highest BCUT2D eigenvalue weighted by atomic mass is 16.5. The SMILES string of the molecule is CC1(C)OBc2cc(N)ccc21. The fraction of sp³-hybridized carbons (Fsp3) is 0.333. The van der Waals surface area contributed by atoms with Crippen LogP contribution >= 0.6 is 0 Å². The molecule has 62 valence electrons. The molecule has 0 fully saturated rings. The first-order valence-electron chi connectivity index (χ1n) is 4.12. The normalized spacial score (nSPS) is 18.5. The molecule has 0 saturated carbocycles. The Bertz CT molecular complexity index is 322. The zero-order valence-electron chi connectivity index (χ0n) is 7.42. The molecule has 2 nitrogen and oxygen atoms in total. The van der Waals surface area contributed by atoms with Crippen molar-refractivity contribution in [2.75, 3.05) is 5.73 Å².